The van der Waals surface area contributed by atoms with Gasteiger partial charge in [-0.25, -0.2) is 9.78 Å². The number of hydrogen-bond donors (Lipinski definition) is 2. The van der Waals surface area contributed by atoms with Crippen molar-refractivity contribution in [2.24, 2.45) is 0 Å². The average molecular weight is 680 g/mol. The molecule has 3 aromatic carbocycles. The van der Waals surface area contributed by atoms with Crippen LogP contribution in [0.15, 0.2) is 79.4 Å². The maximum absolute atomic E-state index is 12.4. The highest BCUT2D eigenvalue weighted by Crippen LogP contribution is 2.40. The third kappa shape index (κ3) is 8.20. The fourth-order valence-corrected chi connectivity index (χ4v) is 6.60. The van der Waals surface area contributed by atoms with Gasteiger partial charge in [0, 0.05) is 73.6 Å². The number of ether oxygens (including phenoxy) is 3. The van der Waals surface area contributed by atoms with Crippen LogP contribution in [0.1, 0.15) is 16.7 Å². The lowest BCUT2D eigenvalue weighted by Gasteiger charge is -2.36. The molecule has 0 unspecified atom stereocenters. The van der Waals surface area contributed by atoms with Crippen LogP contribution in [0.2, 0.25) is 10.0 Å². The third-order valence-electron chi connectivity index (χ3n) is 8.59. The van der Waals surface area contributed by atoms with Gasteiger partial charge in [-0.2, -0.15) is 0 Å². The summed E-state index contributed by atoms with van der Waals surface area (Å²) >= 11 is 12.7. The SMILES string of the molecule is Cc1cccc(C)c1NC(=O)NCCN1CCN(c2ccc(OC[C@@H]3CO[C@@](Cn4ccnc4)(c4ccc(Cl)cc4Cl)O3)cc2)CC1. The van der Waals surface area contributed by atoms with Crippen molar-refractivity contribution < 1.29 is 19.0 Å². The molecular formula is C35H40Cl2N6O4. The summed E-state index contributed by atoms with van der Waals surface area (Å²) in [5.41, 5.74) is 4.84. The number of imidazole rings is 1. The van der Waals surface area contributed by atoms with Gasteiger partial charge in [0.2, 0.25) is 5.79 Å². The summed E-state index contributed by atoms with van der Waals surface area (Å²) in [7, 11) is 0. The number of anilines is 2. The minimum Gasteiger partial charge on any atom is -0.491 e. The van der Waals surface area contributed by atoms with Crippen LogP contribution in [0.3, 0.4) is 0 Å². The quantitative estimate of drug-likeness (QED) is 0.198. The number of carbonyl (C=O) groups is 1. The first-order valence-electron chi connectivity index (χ1n) is 15.8. The highest BCUT2D eigenvalue weighted by Gasteiger charge is 2.45. The summed E-state index contributed by atoms with van der Waals surface area (Å²) in [5.74, 6) is -0.330. The molecule has 12 heteroatoms. The molecule has 47 heavy (non-hydrogen) atoms. The van der Waals surface area contributed by atoms with Gasteiger partial charge in [0.15, 0.2) is 0 Å². The largest absolute Gasteiger partial charge is 0.491 e. The van der Waals surface area contributed by atoms with E-state index in [9.17, 15) is 4.79 Å². The van der Waals surface area contributed by atoms with Crippen LogP contribution >= 0.6 is 23.2 Å². The van der Waals surface area contributed by atoms with Crippen LogP contribution in [0.5, 0.6) is 5.75 Å². The van der Waals surface area contributed by atoms with Gasteiger partial charge in [-0.15, -0.1) is 0 Å². The molecule has 2 atom stereocenters. The van der Waals surface area contributed by atoms with E-state index in [2.05, 4.69) is 37.6 Å². The second kappa shape index (κ2) is 15.0. The van der Waals surface area contributed by atoms with E-state index in [1.807, 2.05) is 61.0 Å². The van der Waals surface area contributed by atoms with Crippen molar-refractivity contribution in [2.75, 3.05) is 62.7 Å². The Labute approximate surface area is 285 Å². The van der Waals surface area contributed by atoms with Crippen LogP contribution < -0.4 is 20.3 Å². The van der Waals surface area contributed by atoms with E-state index in [0.29, 0.717) is 41.9 Å². The molecule has 2 amide bonds. The van der Waals surface area contributed by atoms with Gasteiger partial charge < -0.3 is 34.3 Å². The predicted molar refractivity (Wildman–Crippen MR) is 185 cm³/mol. The third-order valence-corrected chi connectivity index (χ3v) is 9.14. The first kappa shape index (κ1) is 33.1. The van der Waals surface area contributed by atoms with Crippen LogP contribution in [0.4, 0.5) is 16.2 Å². The molecule has 0 aliphatic carbocycles. The molecule has 248 valence electrons. The van der Waals surface area contributed by atoms with Crippen molar-refractivity contribution in [3.05, 3.63) is 106 Å². The zero-order valence-corrected chi connectivity index (χ0v) is 28.1. The molecule has 2 fully saturated rings. The van der Waals surface area contributed by atoms with Crippen molar-refractivity contribution in [2.45, 2.75) is 32.3 Å². The van der Waals surface area contributed by atoms with E-state index >= 15 is 0 Å². The van der Waals surface area contributed by atoms with Gasteiger partial charge in [0.1, 0.15) is 18.5 Å². The summed E-state index contributed by atoms with van der Waals surface area (Å²) in [6.07, 6.45) is 4.99. The van der Waals surface area contributed by atoms with Gasteiger partial charge in [-0.1, -0.05) is 47.5 Å². The molecule has 2 aliphatic rings. The van der Waals surface area contributed by atoms with Gasteiger partial charge in [-0.3, -0.25) is 4.90 Å². The molecule has 1 aromatic heterocycles. The minimum absolute atomic E-state index is 0.171. The molecule has 2 N–H and O–H groups in total. The molecule has 2 saturated heterocycles. The molecule has 10 nitrogen and oxygen atoms in total. The fourth-order valence-electron chi connectivity index (χ4n) is 6.04. The second-order valence-electron chi connectivity index (χ2n) is 11.9. The van der Waals surface area contributed by atoms with Crippen molar-refractivity contribution in [1.82, 2.24) is 19.8 Å². The molecular weight excluding hydrogens is 639 g/mol. The lowest BCUT2D eigenvalue weighted by atomic mass is 10.1. The minimum atomic E-state index is -1.09. The molecule has 2 aliphatic heterocycles. The first-order chi connectivity index (χ1) is 22.8. The molecule has 4 aromatic rings. The van der Waals surface area contributed by atoms with E-state index in [0.717, 1.165) is 61.0 Å². The Hall–Kier alpha value is -3.80. The smallest absolute Gasteiger partial charge is 0.319 e. The Morgan fingerprint density at radius 3 is 2.51 bits per heavy atom. The normalized spacial score (nSPS) is 19.9. The number of para-hydroxylation sites is 1. The zero-order valence-electron chi connectivity index (χ0n) is 26.6. The summed E-state index contributed by atoms with van der Waals surface area (Å²) < 4.78 is 20.8. The van der Waals surface area contributed by atoms with Gasteiger partial charge in [-0.05, 0) is 61.4 Å². The standard InChI is InChI=1S/C35H40Cl2N6O4/c1-25-4-3-5-26(2)33(25)40-34(44)39-13-15-41-16-18-43(19-17-41)28-7-9-29(10-8-28)45-21-30-22-46-35(47-30,23-42-14-12-38-24-42)31-11-6-27(36)20-32(31)37/h3-12,14,20,24,30H,13,15-19,21-23H2,1-2H3,(H2,39,40,44)/t30-,35-/m1/s1. The highest BCUT2D eigenvalue weighted by atomic mass is 35.5. The number of benzene rings is 3. The zero-order chi connectivity index (χ0) is 32.8. The number of halogens is 2. The Kier molecular flexibility index (Phi) is 10.5. The van der Waals surface area contributed by atoms with Gasteiger partial charge in [0.25, 0.3) is 0 Å². The highest BCUT2D eigenvalue weighted by molar-refractivity contribution is 6.35. The number of aromatic nitrogens is 2. The molecule has 0 bridgehead atoms. The lowest BCUT2D eigenvalue weighted by Crippen LogP contribution is -2.48. The number of hydrogen-bond acceptors (Lipinski definition) is 7. The molecule has 6 rings (SSSR count). The Morgan fingerprint density at radius 1 is 1.04 bits per heavy atom. The van der Waals surface area contributed by atoms with Gasteiger partial charge >= 0.3 is 6.03 Å². The Bertz CT molecular complexity index is 1630. The number of carbonyl (C=O) groups excluding carboxylic acids is 1. The van der Waals surface area contributed by atoms with Crippen LogP contribution in [0.25, 0.3) is 0 Å². The second-order valence-corrected chi connectivity index (χ2v) is 12.8. The molecule has 0 radical (unpaired) electrons. The lowest BCUT2D eigenvalue weighted by molar-refractivity contribution is -0.189. The van der Waals surface area contributed by atoms with Crippen molar-refractivity contribution >= 4 is 40.6 Å². The number of nitrogens with zero attached hydrogens (tertiary/aromatic N) is 4. The molecule has 3 heterocycles. The van der Waals surface area contributed by atoms with E-state index < -0.39 is 5.79 Å². The van der Waals surface area contributed by atoms with Crippen LogP contribution in [-0.2, 0) is 21.8 Å². The summed E-state index contributed by atoms with van der Waals surface area (Å²) in [6.45, 7) is 10.1. The molecule has 0 spiro atoms. The Balaban J connectivity index is 0.950. The number of aryl methyl sites for hydroxylation is 2. The van der Waals surface area contributed by atoms with Crippen LogP contribution in [-0.4, -0.2) is 79.1 Å². The average Bonchev–Trinajstić information content (AvgIpc) is 3.73. The summed E-state index contributed by atoms with van der Waals surface area (Å²) in [4.78, 5) is 21.3. The van der Waals surface area contributed by atoms with Crippen LogP contribution in [0, 0.1) is 13.8 Å². The number of rotatable bonds is 11. The number of urea groups is 1. The van der Waals surface area contributed by atoms with Gasteiger partial charge in [0.05, 0.1) is 24.5 Å². The van der Waals surface area contributed by atoms with E-state index in [4.69, 9.17) is 37.4 Å². The van der Waals surface area contributed by atoms with Crippen molar-refractivity contribution in [1.29, 1.82) is 0 Å². The maximum Gasteiger partial charge on any atom is 0.319 e. The number of piperazine rings is 1. The van der Waals surface area contributed by atoms with Crippen molar-refractivity contribution in [3.63, 3.8) is 0 Å². The summed E-state index contributed by atoms with van der Waals surface area (Å²) in [5, 5.41) is 6.99. The monoisotopic (exact) mass is 678 g/mol. The maximum atomic E-state index is 12.4. The summed E-state index contributed by atoms with van der Waals surface area (Å²) in [6, 6.07) is 19.3. The first-order valence-corrected chi connectivity index (χ1v) is 16.6. The fraction of sp³-hybridized carbons (Fsp3) is 0.371. The van der Waals surface area contributed by atoms with E-state index in [-0.39, 0.29) is 12.1 Å². The predicted octanol–water partition coefficient (Wildman–Crippen LogP) is 6.10. The molecule has 0 saturated carbocycles. The van der Waals surface area contributed by atoms with E-state index in [1.165, 1.54) is 0 Å². The van der Waals surface area contributed by atoms with E-state index in [1.54, 1.807) is 24.7 Å². The number of nitrogens with one attached hydrogen (secondary N) is 2. The number of amides is 2. The van der Waals surface area contributed by atoms with Crippen molar-refractivity contribution in [3.8, 4) is 5.75 Å². The topological polar surface area (TPSA) is 93.1 Å². The Morgan fingerprint density at radius 2 is 1.81 bits per heavy atom.